The monoisotopic (exact) mass is 622 g/mol. The molecule has 0 amide bonds. The standard InChI is InChI=1S/C37H42N4O3S/c1-36-18-22-20-38-41(24-10-12-25(44-4)13-11-24)31(22)17-23(36)9-14-26-27-15-16-28(37(27,2)19-32(42)34(26)36)33(43)21-45-35-39-29-7-5-6-8-30(29)40(35)3/h5-8,10-13,17,20,26-28,32,34,42H,9,14-16,18-19,21H2,1-4H3. The third-order valence-electron chi connectivity index (χ3n) is 12.2. The van der Waals surface area contributed by atoms with Crippen molar-refractivity contribution in [1.29, 1.82) is 0 Å². The molecule has 4 aliphatic rings. The molecule has 2 aromatic heterocycles. The average molecular weight is 623 g/mol. The highest BCUT2D eigenvalue weighted by atomic mass is 32.2. The Kier molecular flexibility index (Phi) is 6.84. The van der Waals surface area contributed by atoms with Gasteiger partial charge >= 0.3 is 0 Å². The summed E-state index contributed by atoms with van der Waals surface area (Å²) in [6.45, 7) is 4.71. The van der Waals surface area contributed by atoms with Crippen molar-refractivity contribution < 1.29 is 14.6 Å². The number of thioether (sulfide) groups is 1. The Labute approximate surface area is 269 Å². The van der Waals surface area contributed by atoms with Crippen LogP contribution in [0.4, 0.5) is 0 Å². The van der Waals surface area contributed by atoms with Gasteiger partial charge in [-0.15, -0.1) is 0 Å². The summed E-state index contributed by atoms with van der Waals surface area (Å²) in [7, 11) is 3.71. The first-order chi connectivity index (χ1) is 21.7. The van der Waals surface area contributed by atoms with Gasteiger partial charge in [0.1, 0.15) is 11.5 Å². The van der Waals surface area contributed by atoms with Crippen LogP contribution in [0.15, 0.2) is 65.5 Å². The lowest BCUT2D eigenvalue weighted by molar-refractivity contribution is -0.140. The number of hydrogen-bond acceptors (Lipinski definition) is 6. The van der Waals surface area contributed by atoms with Crippen molar-refractivity contribution in [2.24, 2.45) is 41.5 Å². The fourth-order valence-electron chi connectivity index (χ4n) is 10.1. The maximum Gasteiger partial charge on any atom is 0.169 e. The summed E-state index contributed by atoms with van der Waals surface area (Å²) in [4.78, 5) is 18.7. The highest BCUT2D eigenvalue weighted by Crippen LogP contribution is 2.66. The topological polar surface area (TPSA) is 82.2 Å². The number of para-hydroxylation sites is 2. The third kappa shape index (κ3) is 4.38. The highest BCUT2D eigenvalue weighted by molar-refractivity contribution is 7.99. The molecule has 7 unspecified atom stereocenters. The molecule has 45 heavy (non-hydrogen) atoms. The van der Waals surface area contributed by atoms with E-state index in [9.17, 15) is 9.90 Å². The molecule has 8 rings (SSSR count). The number of allylic oxidation sites excluding steroid dienone is 1. The first kappa shape index (κ1) is 29.1. The Balaban J connectivity index is 1.02. The zero-order chi connectivity index (χ0) is 31.1. The van der Waals surface area contributed by atoms with Crippen molar-refractivity contribution in [1.82, 2.24) is 19.3 Å². The number of nitrogens with zero attached hydrogens (tertiary/aromatic N) is 4. The molecule has 3 saturated carbocycles. The van der Waals surface area contributed by atoms with Crippen LogP contribution in [-0.4, -0.2) is 49.2 Å². The number of carbonyl (C=O) groups excluding carboxylic acids is 1. The molecule has 8 heteroatoms. The molecule has 234 valence electrons. The Hall–Kier alpha value is -3.36. The van der Waals surface area contributed by atoms with Crippen molar-refractivity contribution >= 4 is 34.7 Å². The number of hydrogen-bond donors (Lipinski definition) is 1. The molecule has 1 N–H and O–H groups in total. The van der Waals surface area contributed by atoms with E-state index in [1.165, 1.54) is 11.1 Å². The maximum absolute atomic E-state index is 13.9. The van der Waals surface area contributed by atoms with Crippen molar-refractivity contribution in [3.05, 3.63) is 71.6 Å². The summed E-state index contributed by atoms with van der Waals surface area (Å²) in [5, 5.41) is 17.7. The van der Waals surface area contributed by atoms with E-state index in [1.54, 1.807) is 18.9 Å². The zero-order valence-corrected chi connectivity index (χ0v) is 27.4. The minimum atomic E-state index is -0.427. The second-order valence-corrected chi connectivity index (χ2v) is 15.3. The number of aromatic nitrogens is 4. The van der Waals surface area contributed by atoms with Gasteiger partial charge in [0.25, 0.3) is 0 Å². The van der Waals surface area contributed by atoms with E-state index in [1.807, 2.05) is 48.3 Å². The first-order valence-corrected chi connectivity index (χ1v) is 17.4. The van der Waals surface area contributed by atoms with Crippen LogP contribution in [-0.2, 0) is 18.3 Å². The van der Waals surface area contributed by atoms with Crippen LogP contribution in [0.1, 0.15) is 57.2 Å². The fourth-order valence-corrected chi connectivity index (χ4v) is 11.1. The van der Waals surface area contributed by atoms with Crippen molar-refractivity contribution in [2.45, 2.75) is 63.6 Å². The minimum Gasteiger partial charge on any atom is -0.497 e. The molecular formula is C37H42N4O3S. The summed E-state index contributed by atoms with van der Waals surface area (Å²) in [5.41, 5.74) is 6.65. The summed E-state index contributed by atoms with van der Waals surface area (Å²) in [6, 6.07) is 16.2. The Morgan fingerprint density at radius 1 is 1.11 bits per heavy atom. The number of aryl methyl sites for hydroxylation is 1. The van der Waals surface area contributed by atoms with Gasteiger partial charge in [0, 0.05) is 13.0 Å². The minimum absolute atomic E-state index is 0.00860. The normalized spacial score (nSPS) is 31.9. The molecule has 0 bridgehead atoms. The second kappa shape index (κ2) is 10.6. The van der Waals surface area contributed by atoms with Gasteiger partial charge in [0.2, 0.25) is 0 Å². The summed E-state index contributed by atoms with van der Waals surface area (Å²) in [6.07, 6.45) is 9.67. The van der Waals surface area contributed by atoms with E-state index in [0.717, 1.165) is 65.4 Å². The zero-order valence-electron chi connectivity index (χ0n) is 26.6. The van der Waals surface area contributed by atoms with Gasteiger partial charge < -0.3 is 14.4 Å². The molecule has 0 saturated heterocycles. The lowest BCUT2D eigenvalue weighted by atomic mass is 9.46. The summed E-state index contributed by atoms with van der Waals surface area (Å²) >= 11 is 1.56. The number of ketones is 1. The van der Waals surface area contributed by atoms with Crippen LogP contribution in [0.2, 0.25) is 0 Å². The number of ether oxygens (including phenoxy) is 1. The van der Waals surface area contributed by atoms with E-state index >= 15 is 0 Å². The van der Waals surface area contributed by atoms with Crippen LogP contribution in [0.5, 0.6) is 5.75 Å². The smallest absolute Gasteiger partial charge is 0.169 e. The van der Waals surface area contributed by atoms with Gasteiger partial charge in [0.05, 0.1) is 47.6 Å². The number of imidazole rings is 1. The molecule has 0 aliphatic heterocycles. The molecule has 0 spiro atoms. The van der Waals surface area contributed by atoms with E-state index < -0.39 is 6.10 Å². The Morgan fingerprint density at radius 3 is 2.69 bits per heavy atom. The van der Waals surface area contributed by atoms with Crippen LogP contribution in [0, 0.1) is 34.5 Å². The van der Waals surface area contributed by atoms with Crippen molar-refractivity contribution in [3.63, 3.8) is 0 Å². The van der Waals surface area contributed by atoms with Crippen molar-refractivity contribution in [2.75, 3.05) is 12.9 Å². The van der Waals surface area contributed by atoms with E-state index in [-0.39, 0.29) is 22.7 Å². The van der Waals surface area contributed by atoms with Crippen LogP contribution in [0.25, 0.3) is 22.8 Å². The molecule has 0 radical (unpaired) electrons. The molecule has 2 aromatic carbocycles. The van der Waals surface area contributed by atoms with Gasteiger partial charge in [0.15, 0.2) is 5.16 Å². The average Bonchev–Trinajstić information content (AvgIpc) is 3.70. The third-order valence-corrected chi connectivity index (χ3v) is 13.3. The SMILES string of the molecule is COc1ccc(-n2ncc3c2C=C2CCC4C(C(O)CC5(C)C(C(=O)CSc6nc7ccccc7n6C)CCC45)C2(C)C3)cc1. The van der Waals surface area contributed by atoms with Gasteiger partial charge in [-0.2, -0.15) is 5.10 Å². The number of aliphatic hydroxyl groups is 1. The highest BCUT2D eigenvalue weighted by Gasteiger charge is 2.63. The quantitative estimate of drug-likeness (QED) is 0.236. The van der Waals surface area contributed by atoms with Crippen LogP contribution < -0.4 is 4.74 Å². The summed E-state index contributed by atoms with van der Waals surface area (Å²) < 4.78 is 9.49. The predicted octanol–water partition coefficient (Wildman–Crippen LogP) is 6.90. The summed E-state index contributed by atoms with van der Waals surface area (Å²) in [5.74, 6) is 2.64. The number of carbonyl (C=O) groups is 1. The molecule has 7 atom stereocenters. The fraction of sp³-hybridized carbons (Fsp3) is 0.486. The van der Waals surface area contributed by atoms with Crippen molar-refractivity contribution in [3.8, 4) is 11.4 Å². The van der Waals surface area contributed by atoms with Gasteiger partial charge in [-0.3, -0.25) is 4.79 Å². The van der Waals surface area contributed by atoms with E-state index in [0.29, 0.717) is 29.8 Å². The number of rotatable bonds is 6. The number of fused-ring (bicyclic) bond motifs is 7. The first-order valence-electron chi connectivity index (χ1n) is 16.4. The number of Topliss-reactive ketones (excluding diaryl/α,β-unsaturated/α-hetero) is 1. The molecule has 2 heterocycles. The Bertz CT molecular complexity index is 1820. The number of benzene rings is 2. The molecule has 7 nitrogen and oxygen atoms in total. The number of methoxy groups -OCH3 is 1. The molecular weight excluding hydrogens is 580 g/mol. The lowest BCUT2D eigenvalue weighted by Gasteiger charge is -2.59. The Morgan fingerprint density at radius 2 is 1.91 bits per heavy atom. The van der Waals surface area contributed by atoms with E-state index in [2.05, 4.69) is 42.7 Å². The van der Waals surface area contributed by atoms with Crippen LogP contribution >= 0.6 is 11.8 Å². The van der Waals surface area contributed by atoms with E-state index in [4.69, 9.17) is 14.8 Å². The van der Waals surface area contributed by atoms with Gasteiger partial charge in [-0.25, -0.2) is 9.67 Å². The number of aliphatic hydroxyl groups excluding tert-OH is 1. The van der Waals surface area contributed by atoms with Crippen LogP contribution in [0.3, 0.4) is 0 Å². The van der Waals surface area contributed by atoms with Gasteiger partial charge in [-0.1, -0.05) is 43.3 Å². The maximum atomic E-state index is 13.9. The largest absolute Gasteiger partial charge is 0.497 e. The molecule has 3 fully saturated rings. The predicted molar refractivity (Wildman–Crippen MR) is 178 cm³/mol. The molecule has 4 aliphatic carbocycles. The second-order valence-electron chi connectivity index (χ2n) is 14.4. The van der Waals surface area contributed by atoms with Gasteiger partial charge in [-0.05, 0) is 115 Å². The molecule has 4 aromatic rings. The lowest BCUT2D eigenvalue weighted by Crippen LogP contribution is -2.57.